The fourth-order valence-electron chi connectivity index (χ4n) is 12.0. The number of amides is 1. The molecule has 7 aliphatic rings. The SMILES string of the molecule is O=C1c2ccc3c(c2CN1[C@H]1CCCNC1)OC[C@H]1CN(CC2CCC4(CC2)CN(c2ccc([C@@H]5c6ccc(O)cc6CC[C@@H]5c5ccccc5)cn2)C4)CCN31. The van der Waals surface area contributed by atoms with Crippen LogP contribution >= 0.6 is 0 Å². The first kappa shape index (κ1) is 35.6. The molecule has 0 bridgehead atoms. The molecule has 5 aliphatic heterocycles. The molecule has 2 aliphatic carbocycles. The van der Waals surface area contributed by atoms with Crippen LogP contribution < -0.4 is 19.9 Å². The molecule has 0 unspecified atom stereocenters. The number of rotatable bonds is 6. The van der Waals surface area contributed by atoms with Crippen molar-refractivity contribution in [2.45, 2.75) is 81.8 Å². The fraction of sp³-hybridized carbons (Fsp3) is 0.500. The molecule has 4 atom stereocenters. The number of benzene rings is 3. The summed E-state index contributed by atoms with van der Waals surface area (Å²) in [5.74, 6) is 3.97. The van der Waals surface area contributed by atoms with E-state index in [-0.39, 0.29) is 17.9 Å². The van der Waals surface area contributed by atoms with E-state index in [0.29, 0.717) is 36.3 Å². The van der Waals surface area contributed by atoms with Crippen molar-refractivity contribution < 1.29 is 14.6 Å². The van der Waals surface area contributed by atoms with E-state index in [1.807, 2.05) is 12.1 Å². The van der Waals surface area contributed by atoms with Gasteiger partial charge in [-0.05, 0) is 122 Å². The van der Waals surface area contributed by atoms with Crippen LogP contribution in [0.2, 0.25) is 0 Å². The lowest BCUT2D eigenvalue weighted by Crippen LogP contribution is -2.59. The zero-order valence-corrected chi connectivity index (χ0v) is 33.1. The quantitative estimate of drug-likeness (QED) is 0.219. The summed E-state index contributed by atoms with van der Waals surface area (Å²) in [4.78, 5) is 28.4. The van der Waals surface area contributed by atoms with Gasteiger partial charge in [-0.2, -0.15) is 0 Å². The second-order valence-electron chi connectivity index (χ2n) is 18.5. The zero-order chi connectivity index (χ0) is 38.1. The fourth-order valence-corrected chi connectivity index (χ4v) is 12.0. The highest BCUT2D eigenvalue weighted by Crippen LogP contribution is 2.50. The number of phenols is 1. The van der Waals surface area contributed by atoms with Gasteiger partial charge in [0, 0.05) is 80.5 Å². The van der Waals surface area contributed by atoms with Crippen LogP contribution in [0.25, 0.3) is 0 Å². The Balaban J connectivity index is 0.689. The van der Waals surface area contributed by atoms with Crippen molar-refractivity contribution in [1.82, 2.24) is 20.1 Å². The number of carbonyl (C=O) groups is 1. The highest BCUT2D eigenvalue weighted by Gasteiger charge is 2.46. The van der Waals surface area contributed by atoms with E-state index in [2.05, 4.69) is 91.8 Å². The third-order valence-electron chi connectivity index (χ3n) is 15.1. The maximum absolute atomic E-state index is 13.4. The molecule has 3 saturated heterocycles. The summed E-state index contributed by atoms with van der Waals surface area (Å²) < 4.78 is 6.55. The number of nitrogens with zero attached hydrogens (tertiary/aromatic N) is 5. The normalized spacial score (nSPS) is 26.9. The van der Waals surface area contributed by atoms with Gasteiger partial charge in [0.15, 0.2) is 0 Å². The van der Waals surface area contributed by atoms with Crippen molar-refractivity contribution in [3.8, 4) is 11.5 Å². The Bertz CT molecular complexity index is 2120. The number of piperazine rings is 1. The standard InChI is InChI=1S/C48H56N6O3/c55-38-10-12-40-34(23-38)8-11-39(33-5-2-1-3-6-33)45(40)35-9-15-44(50-24-35)52-30-48(31-52)18-16-32(17-19-48)26-51-21-22-53-37(27-51)29-57-46-42-28-54(36-7-4-20-49-25-36)47(56)41(42)13-14-43(46)53/h1-3,5-6,9-10,12-15,23-24,32,36-37,39,45,49,55H,4,7-8,11,16-22,25-31H2/t36-,37+,39+,45-/m0/s1. The first-order chi connectivity index (χ1) is 28.0. The van der Waals surface area contributed by atoms with E-state index >= 15 is 0 Å². The predicted molar refractivity (Wildman–Crippen MR) is 224 cm³/mol. The Morgan fingerprint density at radius 1 is 0.895 bits per heavy atom. The number of aromatic hydroxyl groups is 1. The van der Waals surface area contributed by atoms with Crippen molar-refractivity contribution in [3.63, 3.8) is 0 Å². The van der Waals surface area contributed by atoms with Crippen LogP contribution in [0.3, 0.4) is 0 Å². The molecule has 11 rings (SSSR count). The van der Waals surface area contributed by atoms with Crippen LogP contribution in [0.4, 0.5) is 11.5 Å². The Morgan fingerprint density at radius 3 is 2.58 bits per heavy atom. The van der Waals surface area contributed by atoms with E-state index in [9.17, 15) is 9.90 Å². The summed E-state index contributed by atoms with van der Waals surface area (Å²) in [6.45, 7) is 9.90. The Hall–Kier alpha value is -4.60. The molecule has 1 aromatic heterocycles. The Kier molecular flexibility index (Phi) is 8.95. The maximum Gasteiger partial charge on any atom is 0.254 e. The summed E-state index contributed by atoms with van der Waals surface area (Å²) in [7, 11) is 0. The van der Waals surface area contributed by atoms with Crippen molar-refractivity contribution in [1.29, 1.82) is 0 Å². The highest BCUT2D eigenvalue weighted by molar-refractivity contribution is 6.00. The number of phenolic OH excluding ortho intramolecular Hbond substituents is 1. The highest BCUT2D eigenvalue weighted by atomic mass is 16.5. The zero-order valence-electron chi connectivity index (χ0n) is 33.1. The first-order valence-electron chi connectivity index (χ1n) is 21.9. The van der Waals surface area contributed by atoms with E-state index in [1.165, 1.54) is 60.2 Å². The molecule has 4 aromatic rings. The van der Waals surface area contributed by atoms with Gasteiger partial charge in [-0.15, -0.1) is 0 Å². The minimum atomic E-state index is 0.175. The van der Waals surface area contributed by atoms with Gasteiger partial charge < -0.3 is 29.9 Å². The number of nitrogens with one attached hydrogen (secondary N) is 1. The summed E-state index contributed by atoms with van der Waals surface area (Å²) >= 11 is 0. The molecule has 9 nitrogen and oxygen atoms in total. The molecule has 57 heavy (non-hydrogen) atoms. The lowest BCUT2D eigenvalue weighted by Gasteiger charge is -2.54. The second-order valence-corrected chi connectivity index (χ2v) is 18.5. The number of aryl methyl sites for hydroxylation is 1. The van der Waals surface area contributed by atoms with Gasteiger partial charge >= 0.3 is 0 Å². The average Bonchev–Trinajstić information content (AvgIpc) is 3.59. The Morgan fingerprint density at radius 2 is 1.77 bits per heavy atom. The summed E-state index contributed by atoms with van der Waals surface area (Å²) in [5, 5.41) is 13.7. The van der Waals surface area contributed by atoms with Crippen LogP contribution in [0.15, 0.2) is 79.0 Å². The number of anilines is 2. The molecular weight excluding hydrogens is 709 g/mol. The largest absolute Gasteiger partial charge is 0.508 e. The van der Waals surface area contributed by atoms with Crippen LogP contribution in [-0.4, -0.2) is 96.8 Å². The third-order valence-corrected chi connectivity index (χ3v) is 15.1. The molecule has 3 aromatic carbocycles. The number of ether oxygens (including phenoxy) is 1. The van der Waals surface area contributed by atoms with Gasteiger partial charge in [0.1, 0.15) is 23.9 Å². The minimum absolute atomic E-state index is 0.175. The molecule has 1 spiro atoms. The first-order valence-corrected chi connectivity index (χ1v) is 21.9. The number of hydrogen-bond donors (Lipinski definition) is 2. The monoisotopic (exact) mass is 764 g/mol. The van der Waals surface area contributed by atoms with E-state index in [0.717, 1.165) is 100 Å². The number of aromatic nitrogens is 1. The third kappa shape index (κ3) is 6.36. The molecule has 1 saturated carbocycles. The van der Waals surface area contributed by atoms with Gasteiger partial charge in [-0.1, -0.05) is 42.5 Å². The number of piperidine rings is 1. The van der Waals surface area contributed by atoms with E-state index in [4.69, 9.17) is 9.72 Å². The summed E-state index contributed by atoms with van der Waals surface area (Å²) in [6, 6.07) is 26.3. The van der Waals surface area contributed by atoms with Gasteiger partial charge in [0.25, 0.3) is 5.91 Å². The van der Waals surface area contributed by atoms with Crippen LogP contribution in [0.1, 0.15) is 95.0 Å². The Labute approximate surface area is 337 Å². The van der Waals surface area contributed by atoms with Crippen molar-refractivity contribution in [2.75, 3.05) is 68.8 Å². The lowest BCUT2D eigenvalue weighted by atomic mass is 9.65. The second kappa shape index (κ2) is 14.3. The minimum Gasteiger partial charge on any atom is -0.508 e. The van der Waals surface area contributed by atoms with Crippen molar-refractivity contribution in [2.24, 2.45) is 11.3 Å². The topological polar surface area (TPSA) is 84.4 Å². The van der Waals surface area contributed by atoms with E-state index in [1.54, 1.807) is 0 Å². The smallest absolute Gasteiger partial charge is 0.254 e. The average molecular weight is 765 g/mol. The van der Waals surface area contributed by atoms with Gasteiger partial charge in [-0.25, -0.2) is 4.98 Å². The van der Waals surface area contributed by atoms with Crippen molar-refractivity contribution >= 4 is 17.4 Å². The van der Waals surface area contributed by atoms with Crippen LogP contribution in [0.5, 0.6) is 11.5 Å². The molecule has 1 amide bonds. The van der Waals surface area contributed by atoms with Gasteiger partial charge in [0.05, 0.1) is 18.3 Å². The molecule has 296 valence electrons. The molecule has 2 N–H and O–H groups in total. The molecule has 6 heterocycles. The predicted octanol–water partition coefficient (Wildman–Crippen LogP) is 6.94. The molecule has 9 heteroatoms. The van der Waals surface area contributed by atoms with Gasteiger partial charge in [-0.3, -0.25) is 9.69 Å². The molecule has 0 radical (unpaired) electrons. The van der Waals surface area contributed by atoms with Crippen LogP contribution in [-0.2, 0) is 13.0 Å². The van der Waals surface area contributed by atoms with Gasteiger partial charge in [0.2, 0.25) is 0 Å². The number of carbonyl (C=O) groups excluding carboxylic acids is 1. The van der Waals surface area contributed by atoms with E-state index < -0.39 is 0 Å². The summed E-state index contributed by atoms with van der Waals surface area (Å²) in [6.07, 6.45) is 11.6. The summed E-state index contributed by atoms with van der Waals surface area (Å²) in [5.41, 5.74) is 8.79. The lowest BCUT2D eigenvalue weighted by molar-refractivity contribution is 0.0673. The maximum atomic E-state index is 13.4. The molecular formula is C48H56N6O3. The van der Waals surface area contributed by atoms with Crippen LogP contribution in [0, 0.1) is 11.3 Å². The molecule has 4 fully saturated rings. The van der Waals surface area contributed by atoms with Crippen molar-refractivity contribution in [3.05, 3.63) is 112 Å². The number of fused-ring (bicyclic) bond motifs is 6. The number of hydrogen-bond acceptors (Lipinski definition) is 8. The number of pyridine rings is 1.